The van der Waals surface area contributed by atoms with E-state index in [1.807, 2.05) is 13.0 Å². The van der Waals surface area contributed by atoms with Gasteiger partial charge in [0.2, 0.25) is 0 Å². The molecule has 1 saturated heterocycles. The summed E-state index contributed by atoms with van der Waals surface area (Å²) in [7, 11) is 0. The van der Waals surface area contributed by atoms with E-state index in [-0.39, 0.29) is 22.8 Å². The lowest BCUT2D eigenvalue weighted by molar-refractivity contribution is -0.150. The summed E-state index contributed by atoms with van der Waals surface area (Å²) in [4.78, 5) is 20.9. The maximum Gasteiger partial charge on any atom is 0.309 e. The number of aromatic nitrogens is 2. The molecular weight excluding hydrogens is 457 g/mol. The minimum absolute atomic E-state index is 0.0128. The van der Waals surface area contributed by atoms with E-state index in [4.69, 9.17) is 22.1 Å². The number of hydrogen-bond acceptors (Lipinski definition) is 7. The Morgan fingerprint density at radius 1 is 1.35 bits per heavy atom. The van der Waals surface area contributed by atoms with Gasteiger partial charge in [0.25, 0.3) is 0 Å². The number of ether oxygens (including phenoxy) is 1. The number of rotatable bonds is 5. The molecule has 2 heterocycles. The summed E-state index contributed by atoms with van der Waals surface area (Å²) >= 11 is 5.88. The molecule has 1 aliphatic rings. The molecule has 2 atom stereocenters. The number of carbonyl (C=O) groups excluding carboxylic acids is 1. The third-order valence-electron chi connectivity index (χ3n) is 5.77. The standard InChI is InChI=1S/C25H25ClFN5O2/c1-2-34-25(33)18-8-9-29-13-16(18)5-3-4-15-10-23-19(12-22(15)28)24(31-14-30-23)32-17-6-7-21(27)20(26)11-17/h6-7,10-12,14,16,18,29H,2,5,8-9,13,28H2,1H3,(H,30,31,32). The van der Waals surface area contributed by atoms with Crippen LogP contribution in [-0.2, 0) is 9.53 Å². The highest BCUT2D eigenvalue weighted by Gasteiger charge is 2.31. The van der Waals surface area contributed by atoms with Crippen molar-refractivity contribution in [1.29, 1.82) is 0 Å². The highest BCUT2D eigenvalue weighted by Crippen LogP contribution is 2.29. The van der Waals surface area contributed by atoms with Crippen LogP contribution in [0.5, 0.6) is 0 Å². The Bertz CT molecular complexity index is 1270. The molecular formula is C25H25ClFN5O2. The van der Waals surface area contributed by atoms with Crippen LogP contribution >= 0.6 is 11.6 Å². The predicted octanol–water partition coefficient (Wildman–Crippen LogP) is 4.28. The molecule has 34 heavy (non-hydrogen) atoms. The third-order valence-corrected chi connectivity index (χ3v) is 6.06. The van der Waals surface area contributed by atoms with Gasteiger partial charge in [-0.2, -0.15) is 0 Å². The Hall–Kier alpha value is -3.41. The zero-order valence-corrected chi connectivity index (χ0v) is 19.5. The second-order valence-electron chi connectivity index (χ2n) is 8.05. The van der Waals surface area contributed by atoms with Crippen molar-refractivity contribution in [2.45, 2.75) is 19.8 Å². The van der Waals surface area contributed by atoms with Crippen LogP contribution in [0.25, 0.3) is 10.9 Å². The number of nitrogens with two attached hydrogens (primary N) is 1. The van der Waals surface area contributed by atoms with Crippen LogP contribution in [0.15, 0.2) is 36.7 Å². The average molecular weight is 482 g/mol. The van der Waals surface area contributed by atoms with Crippen LogP contribution in [0.2, 0.25) is 5.02 Å². The molecule has 2 aromatic carbocycles. The summed E-state index contributed by atoms with van der Waals surface area (Å²) in [5.74, 6) is 6.12. The molecule has 0 saturated carbocycles. The molecule has 1 aromatic heterocycles. The van der Waals surface area contributed by atoms with Gasteiger partial charge in [0.15, 0.2) is 0 Å². The van der Waals surface area contributed by atoms with Gasteiger partial charge in [0.05, 0.1) is 23.1 Å². The van der Waals surface area contributed by atoms with Crippen LogP contribution in [0.3, 0.4) is 0 Å². The molecule has 0 aliphatic carbocycles. The Morgan fingerprint density at radius 2 is 2.21 bits per heavy atom. The highest BCUT2D eigenvalue weighted by molar-refractivity contribution is 6.31. The first-order valence-electron chi connectivity index (χ1n) is 11.1. The maximum atomic E-state index is 13.5. The molecule has 3 aromatic rings. The second kappa shape index (κ2) is 10.7. The van der Waals surface area contributed by atoms with Crippen molar-refractivity contribution in [2.75, 3.05) is 30.7 Å². The van der Waals surface area contributed by atoms with E-state index < -0.39 is 5.82 Å². The molecule has 2 unspecified atom stereocenters. The van der Waals surface area contributed by atoms with E-state index in [2.05, 4.69) is 32.4 Å². The van der Waals surface area contributed by atoms with Gasteiger partial charge in [-0.3, -0.25) is 4.79 Å². The zero-order valence-electron chi connectivity index (χ0n) is 18.7. The first-order chi connectivity index (χ1) is 16.5. The molecule has 4 N–H and O–H groups in total. The van der Waals surface area contributed by atoms with Gasteiger partial charge in [-0.25, -0.2) is 14.4 Å². The van der Waals surface area contributed by atoms with Crippen molar-refractivity contribution in [3.8, 4) is 11.8 Å². The summed E-state index contributed by atoms with van der Waals surface area (Å²) in [5.41, 5.74) is 8.67. The topological polar surface area (TPSA) is 102 Å². The summed E-state index contributed by atoms with van der Waals surface area (Å²) in [5, 5.41) is 7.17. The van der Waals surface area contributed by atoms with Gasteiger partial charge < -0.3 is 21.1 Å². The lowest BCUT2D eigenvalue weighted by Crippen LogP contribution is -2.40. The van der Waals surface area contributed by atoms with Crippen LogP contribution < -0.4 is 16.4 Å². The Balaban J connectivity index is 1.54. The molecule has 0 bridgehead atoms. The smallest absolute Gasteiger partial charge is 0.309 e. The number of nitrogens with zero attached hydrogens (tertiary/aromatic N) is 2. The van der Waals surface area contributed by atoms with Gasteiger partial charge in [-0.15, -0.1) is 0 Å². The SMILES string of the molecule is CCOC(=O)C1CCNCC1CC#Cc1cc2ncnc(Nc3ccc(F)c(Cl)c3)c2cc1N. The molecule has 7 nitrogen and oxygen atoms in total. The number of carbonyl (C=O) groups is 1. The zero-order chi connectivity index (χ0) is 24.1. The van der Waals surface area contributed by atoms with E-state index in [1.165, 1.54) is 18.5 Å². The van der Waals surface area contributed by atoms with Crippen molar-refractivity contribution in [3.05, 3.63) is 53.1 Å². The van der Waals surface area contributed by atoms with Crippen molar-refractivity contribution in [1.82, 2.24) is 15.3 Å². The van der Waals surface area contributed by atoms with Gasteiger partial charge >= 0.3 is 5.97 Å². The normalized spacial score (nSPS) is 17.6. The number of nitrogen functional groups attached to an aromatic ring is 1. The minimum atomic E-state index is -0.496. The van der Waals surface area contributed by atoms with Crippen LogP contribution in [-0.4, -0.2) is 35.6 Å². The molecule has 0 radical (unpaired) electrons. The number of piperidine rings is 1. The largest absolute Gasteiger partial charge is 0.466 e. The van der Waals surface area contributed by atoms with Crippen molar-refractivity contribution >= 4 is 45.7 Å². The van der Waals surface area contributed by atoms with Gasteiger partial charge in [0.1, 0.15) is 18.0 Å². The van der Waals surface area contributed by atoms with Gasteiger partial charge in [-0.1, -0.05) is 23.4 Å². The fourth-order valence-corrected chi connectivity index (χ4v) is 4.19. The fourth-order valence-electron chi connectivity index (χ4n) is 4.01. The Kier molecular flexibility index (Phi) is 7.46. The second-order valence-corrected chi connectivity index (χ2v) is 8.46. The van der Waals surface area contributed by atoms with Crippen molar-refractivity contribution in [2.24, 2.45) is 11.8 Å². The van der Waals surface area contributed by atoms with Crippen LogP contribution in [0.1, 0.15) is 25.3 Å². The van der Waals surface area contributed by atoms with E-state index in [0.717, 1.165) is 19.5 Å². The van der Waals surface area contributed by atoms with E-state index >= 15 is 0 Å². The number of anilines is 3. The maximum absolute atomic E-state index is 13.5. The van der Waals surface area contributed by atoms with E-state index in [1.54, 1.807) is 12.1 Å². The lowest BCUT2D eigenvalue weighted by atomic mass is 9.84. The lowest BCUT2D eigenvalue weighted by Gasteiger charge is -2.29. The van der Waals surface area contributed by atoms with Crippen molar-refractivity contribution < 1.29 is 13.9 Å². The number of fused-ring (bicyclic) bond motifs is 1. The first kappa shape index (κ1) is 23.7. The molecule has 4 rings (SSSR count). The van der Waals surface area contributed by atoms with E-state index in [0.29, 0.717) is 46.7 Å². The summed E-state index contributed by atoms with van der Waals surface area (Å²) in [6.07, 6.45) is 2.73. The molecule has 9 heteroatoms. The van der Waals surface area contributed by atoms with Gasteiger partial charge in [0, 0.05) is 28.7 Å². The highest BCUT2D eigenvalue weighted by atomic mass is 35.5. The average Bonchev–Trinajstić information content (AvgIpc) is 2.83. The third kappa shape index (κ3) is 5.38. The van der Waals surface area contributed by atoms with Crippen molar-refractivity contribution in [3.63, 3.8) is 0 Å². The molecule has 1 aliphatic heterocycles. The monoisotopic (exact) mass is 481 g/mol. The summed E-state index contributed by atoms with van der Waals surface area (Å²) in [6.45, 7) is 3.71. The quantitative estimate of drug-likeness (QED) is 0.284. The van der Waals surface area contributed by atoms with Gasteiger partial charge in [-0.05, 0) is 62.7 Å². The number of halogens is 2. The number of hydrogen-bond donors (Lipinski definition) is 3. The van der Waals surface area contributed by atoms with Crippen LogP contribution in [0.4, 0.5) is 21.6 Å². The minimum Gasteiger partial charge on any atom is -0.466 e. The number of benzene rings is 2. The fraction of sp³-hybridized carbons (Fsp3) is 0.320. The first-order valence-corrected chi connectivity index (χ1v) is 11.5. The van der Waals surface area contributed by atoms with E-state index in [9.17, 15) is 9.18 Å². The number of esters is 1. The molecule has 176 valence electrons. The summed E-state index contributed by atoms with van der Waals surface area (Å²) < 4.78 is 18.7. The van der Waals surface area contributed by atoms with Crippen LogP contribution in [0, 0.1) is 29.5 Å². The predicted molar refractivity (Wildman–Crippen MR) is 131 cm³/mol. The molecule has 1 fully saturated rings. The molecule has 0 spiro atoms. The number of nitrogens with one attached hydrogen (secondary N) is 2. The summed E-state index contributed by atoms with van der Waals surface area (Å²) in [6, 6.07) is 7.91. The molecule has 0 amide bonds. The Labute approximate surface area is 202 Å². The Morgan fingerprint density at radius 3 is 3.00 bits per heavy atom.